The number of ether oxygens (including phenoxy) is 1. The number of carbonyl (C=O) groups excluding carboxylic acids is 1. The van der Waals surface area contributed by atoms with Gasteiger partial charge in [-0.1, -0.05) is 0 Å². The molecule has 4 heterocycles. The number of carbonyl (C=O) groups is 1. The van der Waals surface area contributed by atoms with Crippen LogP contribution in [0.15, 0.2) is 29.4 Å². The Morgan fingerprint density at radius 3 is 2.81 bits per heavy atom. The van der Waals surface area contributed by atoms with Crippen molar-refractivity contribution in [3.05, 3.63) is 24.5 Å². The number of hydrogen-bond acceptors (Lipinski definition) is 6. The topological polar surface area (TPSA) is 79.8 Å². The van der Waals surface area contributed by atoms with E-state index in [1.807, 2.05) is 4.90 Å². The molecule has 0 N–H and O–H groups in total. The molecule has 3 fully saturated rings. The van der Waals surface area contributed by atoms with Crippen molar-refractivity contribution in [3.63, 3.8) is 0 Å². The van der Waals surface area contributed by atoms with Crippen LogP contribution in [0.5, 0.6) is 0 Å². The van der Waals surface area contributed by atoms with Gasteiger partial charge in [0.2, 0.25) is 15.9 Å². The van der Waals surface area contributed by atoms with E-state index in [1.54, 1.807) is 30.1 Å². The standard InChI is InChI=1S/C17H23N3O4S2/c21-16(19-6-1-2-7-19)10-24-14-8-17(25-11-14)12-20(13-17)26(22,23)15-4-3-5-18-9-15/h3-5,9,14H,1-2,6-8,10-13H2. The summed E-state index contributed by atoms with van der Waals surface area (Å²) in [4.78, 5) is 18.1. The van der Waals surface area contributed by atoms with Crippen molar-refractivity contribution < 1.29 is 17.9 Å². The van der Waals surface area contributed by atoms with Crippen LogP contribution in [0.4, 0.5) is 0 Å². The SMILES string of the molecule is O=C(COC1CSC2(C1)CN(S(=O)(=O)c1cccnc1)C2)N1CCCC1. The Balaban J connectivity index is 1.28. The maximum absolute atomic E-state index is 12.6. The highest BCUT2D eigenvalue weighted by molar-refractivity contribution is 8.01. The van der Waals surface area contributed by atoms with Crippen LogP contribution in [0.1, 0.15) is 19.3 Å². The Kier molecular flexibility index (Phi) is 4.98. The summed E-state index contributed by atoms with van der Waals surface area (Å²) in [5.41, 5.74) is 0. The normalized spacial score (nSPS) is 25.5. The van der Waals surface area contributed by atoms with Crippen LogP contribution in [0.2, 0.25) is 0 Å². The van der Waals surface area contributed by atoms with Crippen LogP contribution in [0.25, 0.3) is 0 Å². The van der Waals surface area contributed by atoms with E-state index in [0.29, 0.717) is 13.1 Å². The van der Waals surface area contributed by atoms with E-state index in [-0.39, 0.29) is 28.3 Å². The minimum atomic E-state index is -3.46. The quantitative estimate of drug-likeness (QED) is 0.737. The summed E-state index contributed by atoms with van der Waals surface area (Å²) < 4.78 is 32.4. The predicted octanol–water partition coefficient (Wildman–Crippen LogP) is 0.969. The molecule has 3 saturated heterocycles. The van der Waals surface area contributed by atoms with Gasteiger partial charge in [-0.15, -0.1) is 11.8 Å². The number of rotatable bonds is 5. The number of likely N-dealkylation sites (tertiary alicyclic amines) is 1. The number of amides is 1. The third-order valence-corrected chi connectivity index (χ3v) is 8.63. The van der Waals surface area contributed by atoms with Crippen LogP contribution in [0, 0.1) is 0 Å². The van der Waals surface area contributed by atoms with Gasteiger partial charge in [0.1, 0.15) is 11.5 Å². The number of thioether (sulfide) groups is 1. The average Bonchev–Trinajstić information content (AvgIpc) is 3.29. The van der Waals surface area contributed by atoms with Gasteiger partial charge in [0.05, 0.1) is 6.10 Å². The van der Waals surface area contributed by atoms with E-state index in [2.05, 4.69) is 4.98 Å². The molecule has 0 aromatic carbocycles. The molecule has 3 aliphatic rings. The first-order valence-electron chi connectivity index (χ1n) is 8.92. The minimum absolute atomic E-state index is 0.0230. The fourth-order valence-electron chi connectivity index (χ4n) is 3.79. The van der Waals surface area contributed by atoms with Gasteiger partial charge in [-0.2, -0.15) is 4.31 Å². The molecule has 4 rings (SSSR count). The van der Waals surface area contributed by atoms with E-state index >= 15 is 0 Å². The Morgan fingerprint density at radius 2 is 2.12 bits per heavy atom. The summed E-state index contributed by atoms with van der Waals surface area (Å²) in [5.74, 6) is 0.886. The fourth-order valence-corrected chi connectivity index (χ4v) is 7.08. The maximum Gasteiger partial charge on any atom is 0.248 e. The van der Waals surface area contributed by atoms with Crippen molar-refractivity contribution in [1.29, 1.82) is 0 Å². The second-order valence-corrected chi connectivity index (χ2v) is 10.6. The van der Waals surface area contributed by atoms with Crippen molar-refractivity contribution in [3.8, 4) is 0 Å². The largest absolute Gasteiger partial charge is 0.367 e. The van der Waals surface area contributed by atoms with Gasteiger partial charge in [0.25, 0.3) is 0 Å². The van der Waals surface area contributed by atoms with Gasteiger partial charge in [0, 0.05) is 49.1 Å². The van der Waals surface area contributed by atoms with Crippen LogP contribution < -0.4 is 0 Å². The monoisotopic (exact) mass is 397 g/mol. The second kappa shape index (κ2) is 7.10. The summed E-state index contributed by atoms with van der Waals surface area (Å²) in [6, 6.07) is 3.21. The lowest BCUT2D eigenvalue weighted by Gasteiger charge is -2.46. The number of aromatic nitrogens is 1. The van der Waals surface area contributed by atoms with Gasteiger partial charge in [0.15, 0.2) is 0 Å². The molecule has 142 valence electrons. The zero-order chi connectivity index (χ0) is 18.2. The molecule has 0 bridgehead atoms. The molecule has 0 radical (unpaired) electrons. The first-order valence-corrected chi connectivity index (χ1v) is 11.3. The van der Waals surface area contributed by atoms with Crippen LogP contribution in [0.3, 0.4) is 0 Å². The Hall–Kier alpha value is -1.16. The van der Waals surface area contributed by atoms with Crippen LogP contribution >= 0.6 is 11.8 Å². The summed E-state index contributed by atoms with van der Waals surface area (Å²) in [6.07, 6.45) is 5.93. The lowest BCUT2D eigenvalue weighted by Crippen LogP contribution is -2.60. The Labute approximate surface area is 158 Å². The number of sulfonamides is 1. The van der Waals surface area contributed by atoms with Crippen molar-refractivity contribution in [2.24, 2.45) is 0 Å². The molecule has 0 aliphatic carbocycles. The summed E-state index contributed by atoms with van der Waals surface area (Å²) in [6.45, 7) is 2.81. The molecule has 1 spiro atoms. The van der Waals surface area contributed by atoms with E-state index in [0.717, 1.165) is 38.1 Å². The van der Waals surface area contributed by atoms with E-state index in [9.17, 15) is 13.2 Å². The zero-order valence-electron chi connectivity index (χ0n) is 14.5. The maximum atomic E-state index is 12.6. The van der Waals surface area contributed by atoms with Crippen molar-refractivity contribution in [2.75, 3.05) is 38.5 Å². The van der Waals surface area contributed by atoms with Gasteiger partial charge in [-0.05, 0) is 31.4 Å². The van der Waals surface area contributed by atoms with Gasteiger partial charge in [-0.3, -0.25) is 9.78 Å². The highest BCUT2D eigenvalue weighted by atomic mass is 32.2. The van der Waals surface area contributed by atoms with Gasteiger partial charge in [-0.25, -0.2) is 8.42 Å². The van der Waals surface area contributed by atoms with Crippen LogP contribution in [-0.2, 0) is 19.6 Å². The molecule has 1 atom stereocenters. The smallest absolute Gasteiger partial charge is 0.248 e. The highest BCUT2D eigenvalue weighted by Crippen LogP contribution is 2.47. The van der Waals surface area contributed by atoms with Crippen molar-refractivity contribution in [2.45, 2.75) is 35.0 Å². The summed E-state index contributed by atoms with van der Waals surface area (Å²) in [5, 5.41) is 0. The van der Waals surface area contributed by atoms with Gasteiger partial charge < -0.3 is 9.64 Å². The second-order valence-electron chi connectivity index (χ2n) is 7.18. The number of hydrogen-bond donors (Lipinski definition) is 0. The molecule has 9 heteroatoms. The average molecular weight is 398 g/mol. The fraction of sp³-hybridized carbons (Fsp3) is 0.647. The molecule has 3 aliphatic heterocycles. The summed E-state index contributed by atoms with van der Waals surface area (Å²) in [7, 11) is -3.46. The molecule has 0 saturated carbocycles. The number of nitrogens with zero attached hydrogens (tertiary/aromatic N) is 3. The molecule has 7 nitrogen and oxygen atoms in total. The molecular formula is C17H23N3O4S2. The Morgan fingerprint density at radius 1 is 1.35 bits per heavy atom. The van der Waals surface area contributed by atoms with E-state index < -0.39 is 10.0 Å². The molecule has 1 aromatic heterocycles. The van der Waals surface area contributed by atoms with Crippen molar-refractivity contribution in [1.82, 2.24) is 14.2 Å². The van der Waals surface area contributed by atoms with Crippen molar-refractivity contribution >= 4 is 27.7 Å². The minimum Gasteiger partial charge on any atom is -0.367 e. The molecule has 1 aromatic rings. The number of pyridine rings is 1. The molecular weight excluding hydrogens is 374 g/mol. The first kappa shape index (κ1) is 18.2. The van der Waals surface area contributed by atoms with Gasteiger partial charge >= 0.3 is 0 Å². The lowest BCUT2D eigenvalue weighted by molar-refractivity contribution is -0.136. The lowest BCUT2D eigenvalue weighted by atomic mass is 9.95. The predicted molar refractivity (Wildman–Crippen MR) is 98.4 cm³/mol. The first-order chi connectivity index (χ1) is 12.5. The van der Waals surface area contributed by atoms with E-state index in [4.69, 9.17) is 4.74 Å². The highest BCUT2D eigenvalue weighted by Gasteiger charge is 2.53. The zero-order valence-corrected chi connectivity index (χ0v) is 16.2. The third kappa shape index (κ3) is 3.49. The third-order valence-electron chi connectivity index (χ3n) is 5.28. The summed E-state index contributed by atoms with van der Waals surface area (Å²) >= 11 is 1.77. The molecule has 1 amide bonds. The molecule has 1 unspecified atom stereocenters. The Bertz CT molecular complexity index is 759. The molecule has 26 heavy (non-hydrogen) atoms. The van der Waals surface area contributed by atoms with Crippen LogP contribution in [-0.4, -0.2) is 77.9 Å². The van der Waals surface area contributed by atoms with E-state index in [1.165, 1.54) is 10.5 Å².